The first-order valence-electron chi connectivity index (χ1n) is 10.7. The fourth-order valence-electron chi connectivity index (χ4n) is 4.12. The Morgan fingerprint density at radius 3 is 2.52 bits per heavy atom. The second kappa shape index (κ2) is 9.22. The van der Waals surface area contributed by atoms with Crippen LogP contribution >= 0.6 is 0 Å². The maximum absolute atomic E-state index is 12.9. The summed E-state index contributed by atoms with van der Waals surface area (Å²) in [6, 6.07) is 12.5. The van der Waals surface area contributed by atoms with Crippen LogP contribution in [0.3, 0.4) is 0 Å². The van der Waals surface area contributed by atoms with Crippen molar-refractivity contribution in [3.8, 4) is 0 Å². The second-order valence-corrected chi connectivity index (χ2v) is 10.1. The minimum absolute atomic E-state index is 0.00873. The van der Waals surface area contributed by atoms with Crippen molar-refractivity contribution in [3.63, 3.8) is 0 Å². The molecule has 0 fully saturated rings. The molecule has 0 bridgehead atoms. The molecular formula is C24H30N2O4S. The molecule has 1 heterocycles. The molecule has 0 aliphatic carbocycles. The lowest BCUT2D eigenvalue weighted by molar-refractivity contribution is -0.119. The molecule has 3 rings (SSSR count). The maximum atomic E-state index is 12.9. The fourth-order valence-corrected chi connectivity index (χ4v) is 5.40. The Bertz CT molecular complexity index is 1090. The molecule has 2 amide bonds. The largest absolute Gasteiger partial charge is 0.313 e. The predicted octanol–water partition coefficient (Wildman–Crippen LogP) is 3.90. The number of fused-ring (bicyclic) bond motifs is 1. The molecule has 2 aromatic carbocycles. The van der Waals surface area contributed by atoms with Gasteiger partial charge < -0.3 is 9.80 Å². The summed E-state index contributed by atoms with van der Waals surface area (Å²) in [6.07, 6.45) is 0.944. The summed E-state index contributed by atoms with van der Waals surface area (Å²) >= 11 is 0. The highest BCUT2D eigenvalue weighted by atomic mass is 32.2. The summed E-state index contributed by atoms with van der Waals surface area (Å²) < 4.78 is 25.9. The van der Waals surface area contributed by atoms with Gasteiger partial charge in [-0.15, -0.1) is 0 Å². The van der Waals surface area contributed by atoms with Crippen LogP contribution in [0.5, 0.6) is 0 Å². The van der Waals surface area contributed by atoms with Gasteiger partial charge in [-0.1, -0.05) is 19.1 Å². The van der Waals surface area contributed by atoms with Crippen molar-refractivity contribution >= 4 is 33.0 Å². The van der Waals surface area contributed by atoms with Crippen LogP contribution in [0.15, 0.2) is 47.4 Å². The van der Waals surface area contributed by atoms with E-state index in [0.717, 1.165) is 22.5 Å². The third kappa shape index (κ3) is 4.82. The monoisotopic (exact) mass is 442 g/mol. The number of anilines is 2. The van der Waals surface area contributed by atoms with E-state index < -0.39 is 9.84 Å². The molecule has 1 atom stereocenters. The lowest BCUT2D eigenvalue weighted by Crippen LogP contribution is -2.35. The molecule has 0 saturated heterocycles. The molecule has 1 aliphatic rings. The van der Waals surface area contributed by atoms with Gasteiger partial charge in [-0.05, 0) is 68.7 Å². The molecular weight excluding hydrogens is 412 g/mol. The number of rotatable bonds is 7. The molecule has 0 saturated carbocycles. The van der Waals surface area contributed by atoms with Gasteiger partial charge in [0.15, 0.2) is 9.84 Å². The van der Waals surface area contributed by atoms with Crippen molar-refractivity contribution in [2.24, 2.45) is 0 Å². The number of carbonyl (C=O) groups is 2. The number of amides is 2. The fraction of sp³-hybridized carbons (Fsp3) is 0.417. The summed E-state index contributed by atoms with van der Waals surface area (Å²) in [5.41, 5.74) is 3.46. The van der Waals surface area contributed by atoms with Gasteiger partial charge >= 0.3 is 0 Å². The summed E-state index contributed by atoms with van der Waals surface area (Å²) in [7, 11) is -3.62. The van der Waals surface area contributed by atoms with Crippen molar-refractivity contribution in [1.29, 1.82) is 0 Å². The van der Waals surface area contributed by atoms with E-state index in [9.17, 15) is 18.0 Å². The SMILES string of the molecule is CCC(=O)N1c2ccc(S(=O)(=O)CCC(=O)N(CC)c3cccc(C)c3)cc2C[C@@H]1C. The first-order chi connectivity index (χ1) is 14.7. The third-order valence-corrected chi connectivity index (χ3v) is 7.43. The summed E-state index contributed by atoms with van der Waals surface area (Å²) in [6.45, 7) is 8.08. The molecule has 7 heteroatoms. The van der Waals surface area contributed by atoms with Crippen LogP contribution in [0.25, 0.3) is 0 Å². The molecule has 0 aromatic heterocycles. The number of sulfone groups is 1. The number of hydrogen-bond acceptors (Lipinski definition) is 4. The molecule has 1 aliphatic heterocycles. The van der Waals surface area contributed by atoms with Gasteiger partial charge in [0, 0.05) is 36.8 Å². The summed E-state index contributed by atoms with van der Waals surface area (Å²) in [5, 5.41) is 0. The van der Waals surface area contributed by atoms with Crippen LogP contribution in [-0.4, -0.2) is 38.6 Å². The smallest absolute Gasteiger partial charge is 0.228 e. The van der Waals surface area contributed by atoms with E-state index in [1.165, 1.54) is 0 Å². The van der Waals surface area contributed by atoms with Gasteiger partial charge in [-0.2, -0.15) is 0 Å². The van der Waals surface area contributed by atoms with Gasteiger partial charge in [0.05, 0.1) is 10.6 Å². The number of aryl methyl sites for hydroxylation is 1. The van der Waals surface area contributed by atoms with Crippen molar-refractivity contribution in [2.75, 3.05) is 22.1 Å². The number of nitrogens with zero attached hydrogens (tertiary/aromatic N) is 2. The molecule has 0 N–H and O–H groups in total. The van der Waals surface area contributed by atoms with E-state index in [4.69, 9.17) is 0 Å². The standard InChI is InChI=1S/C24H30N2O4S/c1-5-23(27)26-18(4)15-19-16-21(10-11-22(19)26)31(29,30)13-12-24(28)25(6-2)20-9-7-8-17(3)14-20/h7-11,14,16,18H,5-6,12-13,15H2,1-4H3/t18-/m0/s1. The average molecular weight is 443 g/mol. The highest BCUT2D eigenvalue weighted by Gasteiger charge is 2.31. The van der Waals surface area contributed by atoms with Gasteiger partial charge in [-0.25, -0.2) is 8.42 Å². The Morgan fingerprint density at radius 1 is 1.13 bits per heavy atom. The highest BCUT2D eigenvalue weighted by Crippen LogP contribution is 2.34. The zero-order chi connectivity index (χ0) is 22.8. The van der Waals surface area contributed by atoms with E-state index in [0.29, 0.717) is 19.4 Å². The number of carbonyl (C=O) groups excluding carboxylic acids is 2. The lowest BCUT2D eigenvalue weighted by Gasteiger charge is -2.22. The van der Waals surface area contributed by atoms with Gasteiger partial charge in [-0.3, -0.25) is 9.59 Å². The van der Waals surface area contributed by atoms with E-state index >= 15 is 0 Å². The normalized spacial score (nSPS) is 15.6. The van der Waals surface area contributed by atoms with Crippen LogP contribution in [0.2, 0.25) is 0 Å². The van der Waals surface area contributed by atoms with Crippen LogP contribution < -0.4 is 9.80 Å². The summed E-state index contributed by atoms with van der Waals surface area (Å²) in [5.74, 6) is -0.436. The predicted molar refractivity (Wildman–Crippen MR) is 123 cm³/mol. The minimum atomic E-state index is -3.62. The van der Waals surface area contributed by atoms with Crippen LogP contribution in [0.4, 0.5) is 11.4 Å². The Kier molecular flexibility index (Phi) is 6.84. The van der Waals surface area contributed by atoms with Gasteiger partial charge in [0.25, 0.3) is 0 Å². The van der Waals surface area contributed by atoms with E-state index in [1.54, 1.807) is 28.0 Å². The van der Waals surface area contributed by atoms with Crippen LogP contribution in [0.1, 0.15) is 44.7 Å². The van der Waals surface area contributed by atoms with Crippen LogP contribution in [-0.2, 0) is 25.8 Å². The van der Waals surface area contributed by atoms with E-state index in [2.05, 4.69) is 0 Å². The molecule has 2 aromatic rings. The maximum Gasteiger partial charge on any atom is 0.228 e. The third-order valence-electron chi connectivity index (χ3n) is 5.71. The molecule has 166 valence electrons. The molecule has 0 radical (unpaired) electrons. The zero-order valence-electron chi connectivity index (χ0n) is 18.6. The van der Waals surface area contributed by atoms with Crippen molar-refractivity contribution in [1.82, 2.24) is 0 Å². The number of benzene rings is 2. The van der Waals surface area contributed by atoms with E-state index in [-0.39, 0.29) is 34.9 Å². The molecule has 0 unspecified atom stereocenters. The highest BCUT2D eigenvalue weighted by molar-refractivity contribution is 7.91. The minimum Gasteiger partial charge on any atom is -0.313 e. The van der Waals surface area contributed by atoms with Crippen LogP contribution in [0, 0.1) is 6.92 Å². The Labute approximate surface area is 184 Å². The Hall–Kier alpha value is -2.67. The van der Waals surface area contributed by atoms with Crippen molar-refractivity contribution < 1.29 is 18.0 Å². The van der Waals surface area contributed by atoms with E-state index in [1.807, 2.05) is 52.0 Å². The molecule has 6 nitrogen and oxygen atoms in total. The first-order valence-corrected chi connectivity index (χ1v) is 12.4. The average Bonchev–Trinajstić information content (AvgIpc) is 3.07. The summed E-state index contributed by atoms with van der Waals surface area (Å²) in [4.78, 5) is 28.6. The Balaban J connectivity index is 1.75. The molecule has 31 heavy (non-hydrogen) atoms. The Morgan fingerprint density at radius 2 is 1.87 bits per heavy atom. The molecule has 0 spiro atoms. The zero-order valence-corrected chi connectivity index (χ0v) is 19.4. The quantitative estimate of drug-likeness (QED) is 0.652. The first kappa shape index (κ1) is 23.0. The topological polar surface area (TPSA) is 74.8 Å². The van der Waals surface area contributed by atoms with Gasteiger partial charge in [0.2, 0.25) is 11.8 Å². The van der Waals surface area contributed by atoms with Crippen molar-refractivity contribution in [2.45, 2.75) is 57.9 Å². The van der Waals surface area contributed by atoms with Crippen molar-refractivity contribution in [3.05, 3.63) is 53.6 Å². The van der Waals surface area contributed by atoms with Gasteiger partial charge in [0.1, 0.15) is 0 Å². The number of hydrogen-bond donors (Lipinski definition) is 0. The second-order valence-electron chi connectivity index (χ2n) is 8.01. The lowest BCUT2D eigenvalue weighted by atomic mass is 10.1.